The van der Waals surface area contributed by atoms with E-state index >= 15 is 0 Å². The number of nitrogens with one attached hydrogen (secondary N) is 2. The largest absolute Gasteiger partial charge is 0.497 e. The van der Waals surface area contributed by atoms with Crippen LogP contribution in [-0.2, 0) is 6.42 Å². The summed E-state index contributed by atoms with van der Waals surface area (Å²) in [6, 6.07) is 13.9. The van der Waals surface area contributed by atoms with Crippen LogP contribution in [0, 0.1) is 0 Å². The van der Waals surface area contributed by atoms with Crippen molar-refractivity contribution in [2.75, 3.05) is 24.3 Å². The van der Waals surface area contributed by atoms with Crippen LogP contribution in [0.3, 0.4) is 0 Å². The fourth-order valence-electron chi connectivity index (χ4n) is 3.34. The van der Waals surface area contributed by atoms with Gasteiger partial charge in [0.05, 0.1) is 12.8 Å². The first-order valence-electron chi connectivity index (χ1n) is 10.1. The number of hydrogen-bond acceptors (Lipinski definition) is 8. The molecule has 1 aromatic carbocycles. The first kappa shape index (κ1) is 20.0. The summed E-state index contributed by atoms with van der Waals surface area (Å²) in [5, 5.41) is 10.8. The molecule has 0 bridgehead atoms. The van der Waals surface area contributed by atoms with Crippen molar-refractivity contribution in [1.29, 1.82) is 0 Å². The van der Waals surface area contributed by atoms with Gasteiger partial charge in [0.1, 0.15) is 12.1 Å². The molecule has 9 heteroatoms. The van der Waals surface area contributed by atoms with Crippen molar-refractivity contribution in [3.8, 4) is 11.4 Å². The van der Waals surface area contributed by atoms with Gasteiger partial charge in [-0.15, -0.1) is 0 Å². The second-order valence-corrected chi connectivity index (χ2v) is 7.83. The molecule has 0 saturated carbocycles. The molecule has 160 valence electrons. The minimum atomic E-state index is 0.493. The zero-order chi connectivity index (χ0) is 21.8. The number of benzene rings is 1. The fourth-order valence-corrected chi connectivity index (χ4v) is 3.97. The Balaban J connectivity index is 1.44. The number of hydrogen-bond donors (Lipinski definition) is 2. The minimum Gasteiger partial charge on any atom is -0.497 e. The van der Waals surface area contributed by atoms with Crippen LogP contribution in [0.25, 0.3) is 16.9 Å². The zero-order valence-electron chi connectivity index (χ0n) is 17.4. The summed E-state index contributed by atoms with van der Waals surface area (Å²) in [4.78, 5) is 18.1. The molecule has 32 heavy (non-hydrogen) atoms. The maximum Gasteiger partial charge on any atom is 0.231 e. The highest BCUT2D eigenvalue weighted by Gasteiger charge is 2.15. The fraction of sp³-hybridized carbons (Fsp3) is 0.130. The highest BCUT2D eigenvalue weighted by atomic mass is 32.1. The van der Waals surface area contributed by atoms with E-state index in [9.17, 15) is 0 Å². The number of nitrogens with zero attached hydrogens (tertiary/aromatic N) is 5. The third-order valence-corrected chi connectivity index (χ3v) is 5.65. The van der Waals surface area contributed by atoms with Crippen LogP contribution in [0.1, 0.15) is 5.56 Å². The number of methoxy groups -OCH3 is 1. The van der Waals surface area contributed by atoms with Crippen LogP contribution >= 0.6 is 11.3 Å². The third kappa shape index (κ3) is 4.23. The van der Waals surface area contributed by atoms with Gasteiger partial charge in [-0.3, -0.25) is 9.55 Å². The highest BCUT2D eigenvalue weighted by Crippen LogP contribution is 2.26. The molecule has 0 spiro atoms. The number of thiophene rings is 1. The molecule has 4 heterocycles. The van der Waals surface area contributed by atoms with E-state index in [1.807, 2.05) is 40.3 Å². The molecular weight excluding hydrogens is 422 g/mol. The first-order chi connectivity index (χ1) is 15.8. The van der Waals surface area contributed by atoms with Crippen LogP contribution in [0.2, 0.25) is 0 Å². The summed E-state index contributed by atoms with van der Waals surface area (Å²) < 4.78 is 7.20. The quantitative estimate of drug-likeness (QED) is 0.360. The third-order valence-electron chi connectivity index (χ3n) is 4.98. The monoisotopic (exact) mass is 443 g/mol. The first-order valence-corrected chi connectivity index (χ1v) is 11.1. The average Bonchev–Trinajstić information content (AvgIpc) is 3.50. The van der Waals surface area contributed by atoms with Crippen LogP contribution in [0.15, 0.2) is 71.9 Å². The summed E-state index contributed by atoms with van der Waals surface area (Å²) >= 11 is 1.63. The van der Waals surface area contributed by atoms with Crippen molar-refractivity contribution in [2.24, 2.45) is 0 Å². The van der Waals surface area contributed by atoms with E-state index in [0.29, 0.717) is 18.3 Å². The molecule has 0 aliphatic rings. The zero-order valence-corrected chi connectivity index (χ0v) is 18.2. The summed E-state index contributed by atoms with van der Waals surface area (Å²) in [7, 11) is 1.67. The molecule has 0 radical (unpaired) electrons. The van der Waals surface area contributed by atoms with Crippen molar-refractivity contribution in [2.45, 2.75) is 6.42 Å². The van der Waals surface area contributed by atoms with Gasteiger partial charge in [0.15, 0.2) is 17.0 Å². The second-order valence-electron chi connectivity index (χ2n) is 7.05. The highest BCUT2D eigenvalue weighted by molar-refractivity contribution is 7.08. The van der Waals surface area contributed by atoms with Gasteiger partial charge < -0.3 is 15.4 Å². The Hall–Kier alpha value is -3.98. The van der Waals surface area contributed by atoms with Crippen LogP contribution < -0.4 is 15.4 Å². The maximum absolute atomic E-state index is 5.23. The molecule has 5 rings (SSSR count). The number of rotatable bonds is 8. The number of ether oxygens (including phenoxy) is 1. The molecule has 0 fully saturated rings. The summed E-state index contributed by atoms with van der Waals surface area (Å²) in [5.74, 6) is 2.03. The Morgan fingerprint density at radius 2 is 1.88 bits per heavy atom. The Bertz CT molecular complexity index is 1300. The lowest BCUT2D eigenvalue weighted by Gasteiger charge is -2.11. The Morgan fingerprint density at radius 1 is 1.03 bits per heavy atom. The predicted molar refractivity (Wildman–Crippen MR) is 127 cm³/mol. The molecular formula is C23H21N7OS. The van der Waals surface area contributed by atoms with E-state index in [1.165, 1.54) is 5.56 Å². The number of pyridine rings is 1. The van der Waals surface area contributed by atoms with E-state index in [2.05, 4.69) is 38.1 Å². The molecule has 0 atom stereocenters. The van der Waals surface area contributed by atoms with Gasteiger partial charge in [0.2, 0.25) is 5.95 Å². The molecule has 2 N–H and O–H groups in total. The standard InChI is InChI=1S/C23H21N7OS/c1-31-19-4-2-16(3-5-19)6-12-25-21-20-22(30(15-26-20)18-9-13-32-14-18)29-23(28-21)27-17-7-10-24-11-8-17/h2-5,7-11,13-15H,6,12H2,1H3,(H2,24,25,27,28,29). The van der Waals surface area contributed by atoms with Crippen LogP contribution in [0.4, 0.5) is 17.5 Å². The van der Waals surface area contributed by atoms with Gasteiger partial charge in [0.25, 0.3) is 0 Å². The van der Waals surface area contributed by atoms with Gasteiger partial charge in [-0.1, -0.05) is 12.1 Å². The number of anilines is 3. The van der Waals surface area contributed by atoms with E-state index in [1.54, 1.807) is 37.2 Å². The second kappa shape index (κ2) is 9.03. The molecule has 0 aliphatic heterocycles. The molecule has 5 aromatic rings. The predicted octanol–water partition coefficient (Wildman–Crippen LogP) is 4.68. The van der Waals surface area contributed by atoms with Gasteiger partial charge in [-0.05, 0) is 47.7 Å². The number of aromatic nitrogens is 5. The maximum atomic E-state index is 5.23. The molecule has 0 unspecified atom stereocenters. The van der Waals surface area contributed by atoms with Crippen molar-refractivity contribution >= 4 is 40.0 Å². The lowest BCUT2D eigenvalue weighted by atomic mass is 10.1. The van der Waals surface area contributed by atoms with Crippen molar-refractivity contribution in [3.05, 3.63) is 77.5 Å². The molecule has 0 amide bonds. The van der Waals surface area contributed by atoms with Crippen molar-refractivity contribution in [1.82, 2.24) is 24.5 Å². The number of imidazole rings is 1. The molecule has 0 aliphatic carbocycles. The Morgan fingerprint density at radius 3 is 2.62 bits per heavy atom. The van der Waals surface area contributed by atoms with Gasteiger partial charge >= 0.3 is 0 Å². The van der Waals surface area contributed by atoms with Crippen LogP contribution in [0.5, 0.6) is 5.75 Å². The Labute approximate surface area is 189 Å². The lowest BCUT2D eigenvalue weighted by Crippen LogP contribution is -2.09. The van der Waals surface area contributed by atoms with Crippen LogP contribution in [-0.4, -0.2) is 38.2 Å². The summed E-state index contributed by atoms with van der Waals surface area (Å²) in [5.41, 5.74) is 4.57. The smallest absolute Gasteiger partial charge is 0.231 e. The van der Waals surface area contributed by atoms with E-state index in [4.69, 9.17) is 14.7 Å². The topological polar surface area (TPSA) is 89.8 Å². The molecule has 4 aromatic heterocycles. The van der Waals surface area contributed by atoms with Crippen molar-refractivity contribution < 1.29 is 4.74 Å². The SMILES string of the molecule is COc1ccc(CCNc2nc(Nc3ccncc3)nc3c2ncn3-c2ccsc2)cc1. The van der Waals surface area contributed by atoms with Gasteiger partial charge in [0, 0.05) is 30.0 Å². The summed E-state index contributed by atoms with van der Waals surface area (Å²) in [6.45, 7) is 0.707. The normalized spacial score (nSPS) is 10.9. The average molecular weight is 444 g/mol. The van der Waals surface area contributed by atoms with E-state index < -0.39 is 0 Å². The van der Waals surface area contributed by atoms with Gasteiger partial charge in [-0.2, -0.15) is 21.3 Å². The van der Waals surface area contributed by atoms with Crippen molar-refractivity contribution in [3.63, 3.8) is 0 Å². The minimum absolute atomic E-state index is 0.493. The lowest BCUT2D eigenvalue weighted by molar-refractivity contribution is 0.414. The van der Waals surface area contributed by atoms with E-state index in [-0.39, 0.29) is 0 Å². The summed E-state index contributed by atoms with van der Waals surface area (Å²) in [6.07, 6.45) is 6.08. The van der Waals surface area contributed by atoms with E-state index in [0.717, 1.165) is 34.7 Å². The molecule has 0 saturated heterocycles. The van der Waals surface area contributed by atoms with Gasteiger partial charge in [-0.25, -0.2) is 4.98 Å². The molecule has 8 nitrogen and oxygen atoms in total. The number of fused-ring (bicyclic) bond motifs is 1. The Kier molecular flexibility index (Phi) is 5.63.